The van der Waals surface area contributed by atoms with Crippen molar-refractivity contribution in [2.45, 2.75) is 42.7 Å². The summed E-state index contributed by atoms with van der Waals surface area (Å²) in [6, 6.07) is 13.4. The fourth-order valence-corrected chi connectivity index (χ4v) is 4.34. The molecule has 158 valence electrons. The topological polar surface area (TPSA) is 64.1 Å². The predicted molar refractivity (Wildman–Crippen MR) is 120 cm³/mol. The van der Waals surface area contributed by atoms with E-state index in [4.69, 9.17) is 4.74 Å². The zero-order valence-corrected chi connectivity index (χ0v) is 18.4. The highest BCUT2D eigenvalue weighted by molar-refractivity contribution is 8.00. The van der Waals surface area contributed by atoms with Gasteiger partial charge in [-0.1, -0.05) is 61.4 Å². The second-order valence-corrected chi connectivity index (χ2v) is 8.88. The highest BCUT2D eigenvalue weighted by Crippen LogP contribution is 2.28. The monoisotopic (exact) mass is 445 g/mol. The molecule has 0 atom stereocenters. The maximum absolute atomic E-state index is 13.0. The van der Waals surface area contributed by atoms with Crippen LogP contribution in [0.3, 0.4) is 0 Å². The Balaban J connectivity index is 1.45. The van der Waals surface area contributed by atoms with Gasteiger partial charge >= 0.3 is 0 Å². The van der Waals surface area contributed by atoms with Gasteiger partial charge in [-0.15, -0.1) is 10.2 Å². The van der Waals surface area contributed by atoms with Gasteiger partial charge in [0.05, 0.1) is 6.61 Å². The van der Waals surface area contributed by atoms with Crippen molar-refractivity contribution in [1.82, 2.24) is 10.2 Å². The minimum atomic E-state index is -0.253. The van der Waals surface area contributed by atoms with Crippen LogP contribution < -0.4 is 10.1 Å². The van der Waals surface area contributed by atoms with Crippen LogP contribution >= 0.6 is 23.1 Å². The van der Waals surface area contributed by atoms with Crippen molar-refractivity contribution in [2.75, 3.05) is 11.9 Å². The van der Waals surface area contributed by atoms with Crippen molar-refractivity contribution < 1.29 is 13.9 Å². The summed E-state index contributed by atoms with van der Waals surface area (Å²) in [5, 5.41) is 11.3. The number of amides is 1. The summed E-state index contributed by atoms with van der Waals surface area (Å²) in [6.45, 7) is 2.87. The standard InChI is InChI=1S/C22H24FN3O2S2/c1-2-3-4-5-14-28-19-12-8-17(9-13-19)20(27)24-21-25-26-22(30-21)29-15-16-6-10-18(23)11-7-16/h6-13H,2-5,14-15H2,1H3,(H,24,25,27). The van der Waals surface area contributed by atoms with Crippen LogP contribution in [0.15, 0.2) is 52.9 Å². The molecule has 0 radical (unpaired) electrons. The number of carbonyl (C=O) groups excluding carboxylic acids is 1. The molecule has 3 rings (SSSR count). The Hall–Kier alpha value is -2.45. The summed E-state index contributed by atoms with van der Waals surface area (Å²) in [7, 11) is 0. The minimum absolute atomic E-state index is 0.240. The van der Waals surface area contributed by atoms with E-state index in [1.165, 1.54) is 54.5 Å². The number of aromatic nitrogens is 2. The smallest absolute Gasteiger partial charge is 0.257 e. The molecule has 0 saturated heterocycles. The van der Waals surface area contributed by atoms with Crippen LogP contribution in [0, 0.1) is 5.82 Å². The highest BCUT2D eigenvalue weighted by atomic mass is 32.2. The molecular formula is C22H24FN3O2S2. The van der Waals surface area contributed by atoms with Gasteiger partial charge in [0.1, 0.15) is 11.6 Å². The molecule has 1 aromatic heterocycles. The van der Waals surface area contributed by atoms with Gasteiger partial charge in [-0.2, -0.15) is 0 Å². The summed E-state index contributed by atoms with van der Waals surface area (Å²) in [4.78, 5) is 12.4. The Morgan fingerprint density at radius 1 is 1.07 bits per heavy atom. The van der Waals surface area contributed by atoms with Gasteiger partial charge in [0.15, 0.2) is 4.34 Å². The number of halogens is 1. The zero-order valence-electron chi connectivity index (χ0n) is 16.8. The van der Waals surface area contributed by atoms with Crippen molar-refractivity contribution in [2.24, 2.45) is 0 Å². The molecule has 0 spiro atoms. The average Bonchev–Trinajstić information content (AvgIpc) is 3.21. The number of unbranched alkanes of at least 4 members (excludes halogenated alkanes) is 3. The van der Waals surface area contributed by atoms with Crippen LogP contribution in [0.5, 0.6) is 5.75 Å². The first-order valence-corrected chi connectivity index (χ1v) is 11.7. The third kappa shape index (κ3) is 7.11. The molecule has 0 aliphatic rings. The van der Waals surface area contributed by atoms with Gasteiger partial charge < -0.3 is 4.74 Å². The summed E-state index contributed by atoms with van der Waals surface area (Å²) >= 11 is 2.80. The molecule has 3 aromatic rings. The van der Waals surface area contributed by atoms with E-state index in [1.807, 2.05) is 0 Å². The number of nitrogens with zero attached hydrogens (tertiary/aromatic N) is 2. The molecule has 0 bridgehead atoms. The molecule has 0 aliphatic heterocycles. The Labute approximate surface area is 184 Å². The van der Waals surface area contributed by atoms with E-state index in [0.29, 0.717) is 23.1 Å². The first-order chi connectivity index (χ1) is 14.6. The van der Waals surface area contributed by atoms with Gasteiger partial charge in [-0.3, -0.25) is 10.1 Å². The van der Waals surface area contributed by atoms with Gasteiger partial charge in [-0.25, -0.2) is 4.39 Å². The Morgan fingerprint density at radius 2 is 1.83 bits per heavy atom. The number of hydrogen-bond acceptors (Lipinski definition) is 6. The van der Waals surface area contributed by atoms with E-state index in [9.17, 15) is 9.18 Å². The summed E-state index contributed by atoms with van der Waals surface area (Å²) in [6.07, 6.45) is 4.63. The Kier molecular flexibility index (Phi) is 8.65. The van der Waals surface area contributed by atoms with E-state index in [1.54, 1.807) is 36.4 Å². The molecule has 1 N–H and O–H groups in total. The first-order valence-electron chi connectivity index (χ1n) is 9.89. The maximum atomic E-state index is 13.0. The quantitative estimate of drug-likeness (QED) is 0.217. The third-order valence-electron chi connectivity index (χ3n) is 4.29. The second kappa shape index (κ2) is 11.7. The van der Waals surface area contributed by atoms with Crippen LogP contribution in [0.4, 0.5) is 9.52 Å². The Morgan fingerprint density at radius 3 is 2.57 bits per heavy atom. The lowest BCUT2D eigenvalue weighted by Gasteiger charge is -2.07. The Bertz CT molecular complexity index is 930. The predicted octanol–water partition coefficient (Wildman–Crippen LogP) is 6.18. The molecule has 1 heterocycles. The van der Waals surface area contributed by atoms with Crippen LogP contribution in [-0.4, -0.2) is 22.7 Å². The lowest BCUT2D eigenvalue weighted by atomic mass is 10.2. The number of nitrogens with one attached hydrogen (secondary N) is 1. The molecule has 0 aliphatic carbocycles. The van der Waals surface area contributed by atoms with Crippen molar-refractivity contribution in [1.29, 1.82) is 0 Å². The SMILES string of the molecule is CCCCCCOc1ccc(C(=O)Nc2nnc(SCc3ccc(F)cc3)s2)cc1. The number of thioether (sulfide) groups is 1. The zero-order chi connectivity index (χ0) is 21.2. The molecule has 5 nitrogen and oxygen atoms in total. The van der Waals surface area contributed by atoms with E-state index in [2.05, 4.69) is 22.4 Å². The third-order valence-corrected chi connectivity index (χ3v) is 6.33. The van der Waals surface area contributed by atoms with Gasteiger partial charge in [0.2, 0.25) is 5.13 Å². The number of benzene rings is 2. The summed E-state index contributed by atoms with van der Waals surface area (Å²) < 4.78 is 19.4. The van der Waals surface area contributed by atoms with Crippen molar-refractivity contribution in [3.8, 4) is 5.75 Å². The minimum Gasteiger partial charge on any atom is -0.494 e. The van der Waals surface area contributed by atoms with Crippen molar-refractivity contribution >= 4 is 34.1 Å². The molecule has 1 amide bonds. The van der Waals surface area contributed by atoms with Crippen LogP contribution in [0.25, 0.3) is 0 Å². The van der Waals surface area contributed by atoms with Crippen LogP contribution in [0.2, 0.25) is 0 Å². The van der Waals surface area contributed by atoms with Gasteiger partial charge in [-0.05, 0) is 48.4 Å². The summed E-state index contributed by atoms with van der Waals surface area (Å²) in [5.41, 5.74) is 1.53. The van der Waals surface area contributed by atoms with E-state index < -0.39 is 0 Å². The van der Waals surface area contributed by atoms with E-state index >= 15 is 0 Å². The molecule has 0 fully saturated rings. The molecule has 8 heteroatoms. The number of rotatable bonds is 11. The van der Waals surface area contributed by atoms with Gasteiger partial charge in [0, 0.05) is 11.3 Å². The molecule has 0 saturated carbocycles. The fourth-order valence-electron chi connectivity index (χ4n) is 2.63. The second-order valence-electron chi connectivity index (χ2n) is 6.68. The van der Waals surface area contributed by atoms with Crippen molar-refractivity contribution in [3.05, 3.63) is 65.5 Å². The molecular weight excluding hydrogens is 421 g/mol. The highest BCUT2D eigenvalue weighted by Gasteiger charge is 2.11. The van der Waals surface area contributed by atoms with Crippen LogP contribution in [0.1, 0.15) is 48.5 Å². The largest absolute Gasteiger partial charge is 0.494 e. The number of hydrogen-bond donors (Lipinski definition) is 1. The fraction of sp³-hybridized carbons (Fsp3) is 0.318. The number of ether oxygens (including phenoxy) is 1. The normalized spacial score (nSPS) is 10.7. The molecule has 0 unspecified atom stereocenters. The average molecular weight is 446 g/mol. The van der Waals surface area contributed by atoms with Crippen LogP contribution in [-0.2, 0) is 5.75 Å². The maximum Gasteiger partial charge on any atom is 0.257 e. The number of anilines is 1. The van der Waals surface area contributed by atoms with Crippen molar-refractivity contribution in [3.63, 3.8) is 0 Å². The van der Waals surface area contributed by atoms with E-state index in [0.717, 1.165) is 22.1 Å². The van der Waals surface area contributed by atoms with E-state index in [-0.39, 0.29) is 11.7 Å². The lowest BCUT2D eigenvalue weighted by Crippen LogP contribution is -2.11. The lowest BCUT2D eigenvalue weighted by molar-refractivity contribution is 0.102. The molecule has 2 aromatic carbocycles. The molecule has 30 heavy (non-hydrogen) atoms. The summed E-state index contributed by atoms with van der Waals surface area (Å²) in [5.74, 6) is 0.924. The first kappa shape index (κ1) is 22.2. The number of carbonyl (C=O) groups is 1. The van der Waals surface area contributed by atoms with Gasteiger partial charge in [0.25, 0.3) is 5.91 Å².